The highest BCUT2D eigenvalue weighted by atomic mass is 16.5. The molecule has 1 rings (SSSR count). The molecule has 0 aromatic heterocycles. The Labute approximate surface area is 110 Å². The Hall–Kier alpha value is -2.12. The number of imide groups is 1. The minimum Gasteiger partial charge on any atom is -0.469 e. The monoisotopic (exact) mass is 271 g/mol. The molecule has 106 valence electrons. The van der Waals surface area contributed by atoms with Gasteiger partial charge in [-0.3, -0.25) is 19.3 Å². The lowest BCUT2D eigenvalue weighted by Crippen LogP contribution is -2.42. The van der Waals surface area contributed by atoms with Gasteiger partial charge in [-0.15, -0.1) is 0 Å². The van der Waals surface area contributed by atoms with E-state index in [9.17, 15) is 19.2 Å². The van der Waals surface area contributed by atoms with Crippen molar-refractivity contribution in [2.24, 2.45) is 0 Å². The molecule has 4 amide bonds. The van der Waals surface area contributed by atoms with Crippen LogP contribution in [-0.2, 0) is 19.1 Å². The van der Waals surface area contributed by atoms with Gasteiger partial charge in [-0.05, 0) is 0 Å². The summed E-state index contributed by atoms with van der Waals surface area (Å²) < 4.78 is 4.46. The number of rotatable bonds is 5. The van der Waals surface area contributed by atoms with E-state index in [-0.39, 0.29) is 26.1 Å². The van der Waals surface area contributed by atoms with E-state index in [0.717, 1.165) is 4.90 Å². The summed E-state index contributed by atoms with van der Waals surface area (Å²) in [6.45, 7) is -0.144. The third-order valence-electron chi connectivity index (χ3n) is 2.83. The lowest BCUT2D eigenvalue weighted by Gasteiger charge is -2.20. The quantitative estimate of drug-likeness (QED) is 0.468. The first kappa shape index (κ1) is 14.9. The highest BCUT2D eigenvalue weighted by Gasteiger charge is 2.35. The van der Waals surface area contributed by atoms with Crippen molar-refractivity contribution >= 4 is 23.8 Å². The maximum absolute atomic E-state index is 11.8. The summed E-state index contributed by atoms with van der Waals surface area (Å²) in [6.07, 6.45) is 0.0700. The Kier molecular flexibility index (Phi) is 4.85. The number of urea groups is 1. The predicted octanol–water partition coefficient (Wildman–Crippen LogP) is -1.10. The first-order valence-electron chi connectivity index (χ1n) is 5.73. The van der Waals surface area contributed by atoms with Gasteiger partial charge in [0.1, 0.15) is 13.1 Å². The van der Waals surface area contributed by atoms with Crippen molar-refractivity contribution in [3.63, 3.8) is 0 Å². The van der Waals surface area contributed by atoms with Crippen LogP contribution in [0.4, 0.5) is 4.79 Å². The second kappa shape index (κ2) is 6.17. The molecule has 8 nitrogen and oxygen atoms in total. The van der Waals surface area contributed by atoms with Gasteiger partial charge in [0.15, 0.2) is 0 Å². The molecule has 8 heteroatoms. The standard InChI is InChI=1S/C11H17N3O5/c1-12(5-4-10(17)19-3)8(15)7-14-9(16)6-13(2)11(14)18/h4-7H2,1-3H3. The Morgan fingerprint density at radius 3 is 2.47 bits per heavy atom. The maximum Gasteiger partial charge on any atom is 0.327 e. The zero-order valence-corrected chi connectivity index (χ0v) is 11.2. The molecule has 0 unspecified atom stereocenters. The smallest absolute Gasteiger partial charge is 0.327 e. The molecule has 1 aliphatic heterocycles. The number of likely N-dealkylation sites (N-methyl/N-ethyl adjacent to an activating group) is 2. The molecule has 0 atom stereocenters. The number of methoxy groups -OCH3 is 1. The van der Waals surface area contributed by atoms with E-state index < -0.39 is 23.8 Å². The zero-order chi connectivity index (χ0) is 14.6. The first-order chi connectivity index (χ1) is 8.86. The maximum atomic E-state index is 11.8. The number of nitrogens with zero attached hydrogens (tertiary/aromatic N) is 3. The summed E-state index contributed by atoms with van der Waals surface area (Å²) in [7, 11) is 4.26. The largest absolute Gasteiger partial charge is 0.469 e. The summed E-state index contributed by atoms with van der Waals surface area (Å²) in [6, 6.07) is -0.486. The minimum absolute atomic E-state index is 0.0159. The topological polar surface area (TPSA) is 87.2 Å². The third-order valence-corrected chi connectivity index (χ3v) is 2.83. The van der Waals surface area contributed by atoms with E-state index in [1.54, 1.807) is 0 Å². The van der Waals surface area contributed by atoms with Crippen LogP contribution in [-0.4, -0.2) is 79.4 Å². The first-order valence-corrected chi connectivity index (χ1v) is 5.73. The number of esters is 1. The third kappa shape index (κ3) is 3.67. The van der Waals surface area contributed by atoms with E-state index in [1.165, 1.54) is 31.0 Å². The van der Waals surface area contributed by atoms with Crippen LogP contribution in [0, 0.1) is 0 Å². The van der Waals surface area contributed by atoms with Crippen molar-refractivity contribution in [2.75, 3.05) is 40.8 Å². The minimum atomic E-state index is -0.486. The van der Waals surface area contributed by atoms with Crippen LogP contribution in [0.1, 0.15) is 6.42 Å². The number of amides is 4. The van der Waals surface area contributed by atoms with Gasteiger partial charge in [0, 0.05) is 20.6 Å². The van der Waals surface area contributed by atoms with Crippen LogP contribution >= 0.6 is 0 Å². The van der Waals surface area contributed by atoms with Gasteiger partial charge in [0.05, 0.1) is 13.5 Å². The van der Waals surface area contributed by atoms with Gasteiger partial charge in [0.2, 0.25) is 5.91 Å². The summed E-state index contributed by atoms with van der Waals surface area (Å²) in [4.78, 5) is 49.2. The van der Waals surface area contributed by atoms with Gasteiger partial charge in [-0.25, -0.2) is 4.79 Å². The predicted molar refractivity (Wildman–Crippen MR) is 64.0 cm³/mol. The molecule has 0 bridgehead atoms. The van der Waals surface area contributed by atoms with Crippen molar-refractivity contribution < 1.29 is 23.9 Å². The fourth-order valence-electron chi connectivity index (χ4n) is 1.57. The Morgan fingerprint density at radius 2 is 2.00 bits per heavy atom. The second-order valence-electron chi connectivity index (χ2n) is 4.26. The van der Waals surface area contributed by atoms with Crippen LogP contribution in [0.15, 0.2) is 0 Å². The second-order valence-corrected chi connectivity index (χ2v) is 4.26. The van der Waals surface area contributed by atoms with Crippen LogP contribution in [0.2, 0.25) is 0 Å². The Morgan fingerprint density at radius 1 is 1.37 bits per heavy atom. The average molecular weight is 271 g/mol. The van der Waals surface area contributed by atoms with Gasteiger partial charge >= 0.3 is 12.0 Å². The summed E-state index contributed by atoms with van der Waals surface area (Å²) in [5.74, 6) is -1.23. The molecule has 1 heterocycles. The molecule has 0 aliphatic carbocycles. The molecule has 19 heavy (non-hydrogen) atoms. The number of hydrogen-bond donors (Lipinski definition) is 0. The zero-order valence-electron chi connectivity index (χ0n) is 11.2. The molecule has 1 aliphatic rings. The number of hydrogen-bond acceptors (Lipinski definition) is 5. The fraction of sp³-hybridized carbons (Fsp3) is 0.636. The molecular weight excluding hydrogens is 254 g/mol. The van der Waals surface area contributed by atoms with Crippen molar-refractivity contribution in [2.45, 2.75) is 6.42 Å². The Balaban J connectivity index is 2.48. The molecule has 0 spiro atoms. The molecule has 1 saturated heterocycles. The molecular formula is C11H17N3O5. The summed E-state index contributed by atoms with van der Waals surface area (Å²) >= 11 is 0. The SMILES string of the molecule is COC(=O)CCN(C)C(=O)CN1C(=O)CN(C)C1=O. The average Bonchev–Trinajstić information content (AvgIpc) is 2.61. The van der Waals surface area contributed by atoms with E-state index in [2.05, 4.69) is 4.74 Å². The number of carbonyl (C=O) groups excluding carboxylic acids is 4. The van der Waals surface area contributed by atoms with Gasteiger partial charge < -0.3 is 14.5 Å². The molecule has 1 fully saturated rings. The van der Waals surface area contributed by atoms with Crippen LogP contribution in [0.3, 0.4) is 0 Å². The van der Waals surface area contributed by atoms with Gasteiger partial charge in [-0.1, -0.05) is 0 Å². The molecule has 0 saturated carbocycles. The van der Waals surface area contributed by atoms with Crippen LogP contribution < -0.4 is 0 Å². The van der Waals surface area contributed by atoms with E-state index in [0.29, 0.717) is 0 Å². The lowest BCUT2D eigenvalue weighted by atomic mass is 10.3. The van der Waals surface area contributed by atoms with Gasteiger partial charge in [0.25, 0.3) is 5.91 Å². The van der Waals surface area contributed by atoms with E-state index in [1.807, 2.05) is 0 Å². The molecule has 0 N–H and O–H groups in total. The number of carbonyl (C=O) groups is 4. The van der Waals surface area contributed by atoms with E-state index in [4.69, 9.17) is 0 Å². The van der Waals surface area contributed by atoms with Crippen molar-refractivity contribution in [3.8, 4) is 0 Å². The van der Waals surface area contributed by atoms with Crippen molar-refractivity contribution in [1.29, 1.82) is 0 Å². The van der Waals surface area contributed by atoms with E-state index >= 15 is 0 Å². The van der Waals surface area contributed by atoms with Crippen LogP contribution in [0.25, 0.3) is 0 Å². The van der Waals surface area contributed by atoms with Crippen LogP contribution in [0.5, 0.6) is 0 Å². The van der Waals surface area contributed by atoms with Gasteiger partial charge in [-0.2, -0.15) is 0 Å². The highest BCUT2D eigenvalue weighted by Crippen LogP contribution is 2.08. The van der Waals surface area contributed by atoms with Crippen molar-refractivity contribution in [1.82, 2.24) is 14.7 Å². The molecule has 0 aromatic carbocycles. The fourth-order valence-corrected chi connectivity index (χ4v) is 1.57. The summed E-state index contributed by atoms with van der Waals surface area (Å²) in [5, 5.41) is 0. The lowest BCUT2D eigenvalue weighted by molar-refractivity contribution is -0.142. The summed E-state index contributed by atoms with van der Waals surface area (Å²) in [5.41, 5.74) is 0. The molecule has 0 aromatic rings. The highest BCUT2D eigenvalue weighted by molar-refractivity contribution is 6.04. The molecule has 0 radical (unpaired) electrons. The Bertz CT molecular complexity index is 409. The van der Waals surface area contributed by atoms with Crippen molar-refractivity contribution in [3.05, 3.63) is 0 Å². The normalized spacial score (nSPS) is 14.9. The number of ether oxygens (including phenoxy) is 1.